The molecule has 2 aromatic heterocycles. The van der Waals surface area contributed by atoms with Gasteiger partial charge in [0.2, 0.25) is 0 Å². The van der Waals surface area contributed by atoms with Gasteiger partial charge in [0.05, 0.1) is 0 Å². The third kappa shape index (κ3) is 1.28. The summed E-state index contributed by atoms with van der Waals surface area (Å²) in [5.74, 6) is 0.387. The number of aromatic amines is 1. The summed E-state index contributed by atoms with van der Waals surface area (Å²) in [5, 5.41) is 3.32. The van der Waals surface area contributed by atoms with Gasteiger partial charge >= 0.3 is 0 Å². The fraction of sp³-hybridized carbons (Fsp3) is 0.167. The van der Waals surface area contributed by atoms with E-state index >= 15 is 0 Å². The second kappa shape index (κ2) is 3.15. The molecule has 5 nitrogen and oxygen atoms in total. The molecule has 0 aliphatic rings. The van der Waals surface area contributed by atoms with E-state index in [0.29, 0.717) is 15.3 Å². The Balaban J connectivity index is 2.92. The van der Waals surface area contributed by atoms with Gasteiger partial charge in [-0.2, -0.15) is 4.52 Å². The Bertz CT molecular complexity index is 505. The van der Waals surface area contributed by atoms with E-state index < -0.39 is 0 Å². The second-order valence-electron chi connectivity index (χ2n) is 2.26. The van der Waals surface area contributed by atoms with Gasteiger partial charge in [-0.25, -0.2) is 9.97 Å². The van der Waals surface area contributed by atoms with Crippen LogP contribution in [0.1, 0.15) is 0 Å². The lowest BCUT2D eigenvalue weighted by molar-refractivity contribution is 0.863. The van der Waals surface area contributed by atoms with Gasteiger partial charge in [-0.15, -0.1) is 11.8 Å². The van der Waals surface area contributed by atoms with Crippen molar-refractivity contribution < 1.29 is 0 Å². The summed E-state index contributed by atoms with van der Waals surface area (Å²) in [6, 6.07) is 0. The Hall–Kier alpha value is -0.820. The van der Waals surface area contributed by atoms with Crippen molar-refractivity contribution in [3.8, 4) is 0 Å². The second-order valence-corrected chi connectivity index (χ2v) is 3.85. The zero-order valence-corrected chi connectivity index (χ0v) is 9.02. The van der Waals surface area contributed by atoms with Crippen molar-refractivity contribution in [2.45, 2.75) is 5.03 Å². The van der Waals surface area contributed by atoms with Crippen LogP contribution in [-0.4, -0.2) is 25.8 Å². The standard InChI is InChI=1S/C6H5BrN4OS/c1-13-4-3(7)5(12)11-6(10-4)8-2-9-11/h2H,1H3,(H,8,9,10). The molecule has 0 saturated heterocycles. The van der Waals surface area contributed by atoms with Crippen molar-refractivity contribution >= 4 is 33.5 Å². The van der Waals surface area contributed by atoms with Crippen molar-refractivity contribution in [2.24, 2.45) is 0 Å². The van der Waals surface area contributed by atoms with Crippen molar-refractivity contribution in [1.82, 2.24) is 19.6 Å². The van der Waals surface area contributed by atoms with Crippen LogP contribution in [0.4, 0.5) is 0 Å². The molecular weight excluding hydrogens is 256 g/mol. The van der Waals surface area contributed by atoms with E-state index in [2.05, 4.69) is 31.0 Å². The zero-order valence-electron chi connectivity index (χ0n) is 6.61. The monoisotopic (exact) mass is 260 g/mol. The number of hydrogen-bond donors (Lipinski definition) is 1. The number of rotatable bonds is 1. The quantitative estimate of drug-likeness (QED) is 0.612. The minimum atomic E-state index is -0.174. The Labute approximate surface area is 85.7 Å². The van der Waals surface area contributed by atoms with Crippen LogP contribution in [0.3, 0.4) is 0 Å². The first-order valence-electron chi connectivity index (χ1n) is 3.39. The lowest BCUT2D eigenvalue weighted by Crippen LogP contribution is -2.16. The van der Waals surface area contributed by atoms with E-state index in [-0.39, 0.29) is 5.56 Å². The molecule has 2 heterocycles. The number of halogens is 1. The van der Waals surface area contributed by atoms with Crippen molar-refractivity contribution in [1.29, 1.82) is 0 Å². The Morgan fingerprint density at radius 2 is 2.46 bits per heavy atom. The smallest absolute Gasteiger partial charge is 0.278 e. The number of thioether (sulfide) groups is 1. The van der Waals surface area contributed by atoms with E-state index in [4.69, 9.17) is 0 Å². The molecule has 13 heavy (non-hydrogen) atoms. The molecule has 0 amide bonds. The van der Waals surface area contributed by atoms with Crippen molar-refractivity contribution in [3.63, 3.8) is 0 Å². The average Bonchev–Trinajstić information content (AvgIpc) is 2.59. The maximum atomic E-state index is 11.6. The van der Waals surface area contributed by atoms with Gasteiger partial charge in [-0.05, 0) is 22.2 Å². The Morgan fingerprint density at radius 1 is 1.69 bits per heavy atom. The van der Waals surface area contributed by atoms with E-state index in [1.165, 1.54) is 22.6 Å². The summed E-state index contributed by atoms with van der Waals surface area (Å²) in [6.45, 7) is 0. The molecule has 2 rings (SSSR count). The van der Waals surface area contributed by atoms with E-state index in [1.54, 1.807) is 0 Å². The van der Waals surface area contributed by atoms with Crippen LogP contribution in [-0.2, 0) is 0 Å². The molecule has 0 aromatic carbocycles. The fourth-order valence-corrected chi connectivity index (χ4v) is 2.14. The molecule has 0 bridgehead atoms. The molecule has 0 aliphatic carbocycles. The maximum absolute atomic E-state index is 11.6. The first-order valence-corrected chi connectivity index (χ1v) is 5.41. The van der Waals surface area contributed by atoms with Gasteiger partial charge in [-0.1, -0.05) is 0 Å². The van der Waals surface area contributed by atoms with Gasteiger partial charge in [-0.3, -0.25) is 9.89 Å². The van der Waals surface area contributed by atoms with Crippen LogP contribution in [0.2, 0.25) is 0 Å². The molecule has 7 heteroatoms. The highest BCUT2D eigenvalue weighted by atomic mass is 79.9. The van der Waals surface area contributed by atoms with Gasteiger partial charge in [0.1, 0.15) is 15.8 Å². The third-order valence-corrected chi connectivity index (χ3v) is 3.20. The first kappa shape index (κ1) is 8.76. The van der Waals surface area contributed by atoms with Gasteiger partial charge in [0, 0.05) is 0 Å². The maximum Gasteiger partial charge on any atom is 0.289 e. The topological polar surface area (TPSA) is 63.1 Å². The van der Waals surface area contributed by atoms with Crippen LogP contribution in [0.25, 0.3) is 5.78 Å². The first-order chi connectivity index (χ1) is 6.24. The van der Waals surface area contributed by atoms with E-state index in [1.807, 2.05) is 6.26 Å². The molecule has 0 fully saturated rings. The summed E-state index contributed by atoms with van der Waals surface area (Å²) in [7, 11) is 0. The lowest BCUT2D eigenvalue weighted by atomic mass is 10.6. The summed E-state index contributed by atoms with van der Waals surface area (Å²) in [6.07, 6.45) is 3.29. The van der Waals surface area contributed by atoms with Gasteiger partial charge in [0.15, 0.2) is 0 Å². The van der Waals surface area contributed by atoms with Crippen molar-refractivity contribution in [3.05, 3.63) is 21.2 Å². The van der Waals surface area contributed by atoms with Crippen LogP contribution < -0.4 is 5.56 Å². The summed E-state index contributed by atoms with van der Waals surface area (Å²) >= 11 is 4.58. The highest BCUT2D eigenvalue weighted by Crippen LogP contribution is 2.19. The zero-order chi connectivity index (χ0) is 9.42. The van der Waals surface area contributed by atoms with Gasteiger partial charge < -0.3 is 0 Å². The largest absolute Gasteiger partial charge is 0.289 e. The SMILES string of the molecule is CSc1nc2nc[nH]n2c(=O)c1Br. The Kier molecular flexibility index (Phi) is 2.12. The van der Waals surface area contributed by atoms with Crippen LogP contribution in [0, 0.1) is 0 Å². The number of H-pyrrole nitrogens is 1. The normalized spacial score (nSPS) is 10.9. The number of nitrogens with one attached hydrogen (secondary N) is 1. The molecule has 0 spiro atoms. The predicted molar refractivity (Wildman–Crippen MR) is 53.1 cm³/mol. The molecule has 0 unspecified atom stereocenters. The number of nitrogens with zero attached hydrogens (tertiary/aromatic N) is 3. The van der Waals surface area contributed by atoms with Crippen LogP contribution in [0.5, 0.6) is 0 Å². The number of aromatic nitrogens is 4. The molecule has 1 N–H and O–H groups in total. The minimum Gasteiger partial charge on any atom is -0.278 e. The highest BCUT2D eigenvalue weighted by Gasteiger charge is 2.09. The average molecular weight is 261 g/mol. The molecule has 0 saturated carbocycles. The Morgan fingerprint density at radius 3 is 3.15 bits per heavy atom. The fourth-order valence-electron chi connectivity index (χ4n) is 0.953. The number of fused-ring (bicyclic) bond motifs is 1. The van der Waals surface area contributed by atoms with Crippen molar-refractivity contribution in [2.75, 3.05) is 6.26 Å². The van der Waals surface area contributed by atoms with Crippen LogP contribution in [0.15, 0.2) is 20.6 Å². The molecule has 0 aliphatic heterocycles. The third-order valence-electron chi connectivity index (χ3n) is 1.54. The summed E-state index contributed by atoms with van der Waals surface area (Å²) < 4.78 is 1.74. The molecule has 0 atom stereocenters. The van der Waals surface area contributed by atoms with E-state index in [0.717, 1.165) is 0 Å². The summed E-state index contributed by atoms with van der Waals surface area (Å²) in [4.78, 5) is 19.6. The predicted octanol–water partition coefficient (Wildman–Crippen LogP) is 0.902. The minimum absolute atomic E-state index is 0.174. The highest BCUT2D eigenvalue weighted by molar-refractivity contribution is 9.10. The van der Waals surface area contributed by atoms with Gasteiger partial charge in [0.25, 0.3) is 11.3 Å². The number of hydrogen-bond acceptors (Lipinski definition) is 4. The molecule has 68 valence electrons. The molecule has 0 radical (unpaired) electrons. The van der Waals surface area contributed by atoms with Crippen LogP contribution >= 0.6 is 27.7 Å². The molecular formula is C6H5BrN4OS. The summed E-state index contributed by atoms with van der Waals surface area (Å²) in [5.41, 5.74) is -0.174. The molecule has 2 aromatic rings. The lowest BCUT2D eigenvalue weighted by Gasteiger charge is -1.98. The van der Waals surface area contributed by atoms with E-state index in [9.17, 15) is 4.79 Å².